The van der Waals surface area contributed by atoms with Crippen LogP contribution < -0.4 is 10.1 Å². The van der Waals surface area contributed by atoms with Crippen LogP contribution in [0.5, 0.6) is 5.75 Å². The summed E-state index contributed by atoms with van der Waals surface area (Å²) in [4.78, 5) is 26.6. The van der Waals surface area contributed by atoms with E-state index in [0.29, 0.717) is 18.0 Å². The van der Waals surface area contributed by atoms with Crippen molar-refractivity contribution in [1.29, 1.82) is 0 Å². The number of methoxy groups -OCH3 is 1. The van der Waals surface area contributed by atoms with Crippen LogP contribution in [0.4, 0.5) is 5.69 Å². The van der Waals surface area contributed by atoms with Gasteiger partial charge in [-0.2, -0.15) is 5.10 Å². The van der Waals surface area contributed by atoms with E-state index in [-0.39, 0.29) is 18.2 Å². The topological polar surface area (TPSA) is 76.5 Å². The smallest absolute Gasteiger partial charge is 0.230 e. The number of rotatable bonds is 5. The van der Waals surface area contributed by atoms with Gasteiger partial charge >= 0.3 is 0 Å². The Bertz CT molecular complexity index is 799. The van der Waals surface area contributed by atoms with Crippen molar-refractivity contribution in [3.63, 3.8) is 0 Å². The fourth-order valence-electron chi connectivity index (χ4n) is 3.06. The van der Waals surface area contributed by atoms with E-state index in [1.807, 2.05) is 19.3 Å². The number of aromatic nitrogens is 2. The molecular formula is C18H22N4O3. The van der Waals surface area contributed by atoms with Crippen molar-refractivity contribution in [2.45, 2.75) is 18.8 Å². The predicted octanol–water partition coefficient (Wildman–Crippen LogP) is 1.56. The van der Waals surface area contributed by atoms with Crippen LogP contribution in [-0.2, 0) is 23.1 Å². The number of benzene rings is 1. The molecule has 7 heteroatoms. The molecule has 25 heavy (non-hydrogen) atoms. The zero-order chi connectivity index (χ0) is 18.0. The molecule has 3 rings (SSSR count). The number of hydrogen-bond acceptors (Lipinski definition) is 4. The SMILES string of the molecule is COc1ccc2c(c1)[C@H](C(=O)N(C)CCc1cnn(C)c1)CC(=O)N2. The maximum Gasteiger partial charge on any atom is 0.230 e. The fraction of sp³-hybridized carbons (Fsp3) is 0.389. The van der Waals surface area contributed by atoms with Gasteiger partial charge in [0, 0.05) is 38.9 Å². The van der Waals surface area contributed by atoms with Crippen LogP contribution in [0.25, 0.3) is 0 Å². The molecule has 1 atom stereocenters. The van der Waals surface area contributed by atoms with Gasteiger partial charge in [-0.05, 0) is 35.7 Å². The van der Waals surface area contributed by atoms with Crippen molar-refractivity contribution >= 4 is 17.5 Å². The van der Waals surface area contributed by atoms with Gasteiger partial charge in [-0.15, -0.1) is 0 Å². The van der Waals surface area contributed by atoms with E-state index in [4.69, 9.17) is 4.74 Å². The van der Waals surface area contributed by atoms with Crippen molar-refractivity contribution in [1.82, 2.24) is 14.7 Å². The molecule has 0 bridgehead atoms. The zero-order valence-electron chi connectivity index (χ0n) is 14.7. The summed E-state index contributed by atoms with van der Waals surface area (Å²) in [6, 6.07) is 5.38. The lowest BCUT2D eigenvalue weighted by atomic mass is 9.89. The van der Waals surface area contributed by atoms with E-state index in [1.165, 1.54) is 0 Å². The molecular weight excluding hydrogens is 320 g/mol. The van der Waals surface area contributed by atoms with Crippen molar-refractivity contribution in [2.75, 3.05) is 26.0 Å². The molecule has 1 aromatic heterocycles. The first-order valence-electron chi connectivity index (χ1n) is 8.18. The summed E-state index contributed by atoms with van der Waals surface area (Å²) >= 11 is 0. The minimum absolute atomic E-state index is 0.0618. The highest BCUT2D eigenvalue weighted by Gasteiger charge is 2.32. The summed E-state index contributed by atoms with van der Waals surface area (Å²) in [6.45, 7) is 0.571. The quantitative estimate of drug-likeness (QED) is 0.894. The average molecular weight is 342 g/mol. The van der Waals surface area contributed by atoms with Gasteiger partial charge in [0.25, 0.3) is 0 Å². The second-order valence-corrected chi connectivity index (χ2v) is 6.29. The third-order valence-corrected chi connectivity index (χ3v) is 4.47. The lowest BCUT2D eigenvalue weighted by Gasteiger charge is -2.29. The summed E-state index contributed by atoms with van der Waals surface area (Å²) in [5, 5.41) is 6.95. The van der Waals surface area contributed by atoms with Crippen LogP contribution in [0.15, 0.2) is 30.6 Å². The van der Waals surface area contributed by atoms with E-state index in [2.05, 4.69) is 10.4 Å². The Hall–Kier alpha value is -2.83. The number of carbonyl (C=O) groups excluding carboxylic acids is 2. The van der Waals surface area contributed by atoms with E-state index in [0.717, 1.165) is 17.5 Å². The molecule has 1 N–H and O–H groups in total. The van der Waals surface area contributed by atoms with Crippen molar-refractivity contribution < 1.29 is 14.3 Å². The van der Waals surface area contributed by atoms with Crippen LogP contribution in [0.3, 0.4) is 0 Å². The van der Waals surface area contributed by atoms with Crippen LogP contribution in [0.1, 0.15) is 23.5 Å². The molecule has 7 nitrogen and oxygen atoms in total. The number of likely N-dealkylation sites (N-methyl/N-ethyl adjacent to an activating group) is 1. The lowest BCUT2D eigenvalue weighted by Crippen LogP contribution is -2.37. The summed E-state index contributed by atoms with van der Waals surface area (Å²) in [6.07, 6.45) is 4.61. The van der Waals surface area contributed by atoms with E-state index in [1.54, 1.807) is 42.1 Å². The molecule has 0 unspecified atom stereocenters. The minimum Gasteiger partial charge on any atom is -0.497 e. The molecule has 0 aliphatic carbocycles. The number of amides is 2. The van der Waals surface area contributed by atoms with E-state index >= 15 is 0 Å². The van der Waals surface area contributed by atoms with Crippen LogP contribution in [0.2, 0.25) is 0 Å². The van der Waals surface area contributed by atoms with Crippen molar-refractivity contribution in [3.8, 4) is 5.75 Å². The molecule has 2 heterocycles. The van der Waals surface area contributed by atoms with Gasteiger partial charge in [0.2, 0.25) is 11.8 Å². The number of hydrogen-bond donors (Lipinski definition) is 1. The molecule has 2 aromatic rings. The van der Waals surface area contributed by atoms with E-state index in [9.17, 15) is 9.59 Å². The number of fused-ring (bicyclic) bond motifs is 1. The molecule has 132 valence electrons. The van der Waals surface area contributed by atoms with Gasteiger partial charge in [-0.25, -0.2) is 0 Å². The number of ether oxygens (including phenoxy) is 1. The number of anilines is 1. The molecule has 1 aliphatic heterocycles. The highest BCUT2D eigenvalue weighted by molar-refractivity contribution is 6.01. The summed E-state index contributed by atoms with van der Waals surface area (Å²) in [7, 11) is 5.22. The number of aryl methyl sites for hydroxylation is 1. The molecule has 0 saturated carbocycles. The lowest BCUT2D eigenvalue weighted by molar-refractivity contribution is -0.133. The van der Waals surface area contributed by atoms with Gasteiger partial charge in [-0.3, -0.25) is 14.3 Å². The third kappa shape index (κ3) is 3.65. The van der Waals surface area contributed by atoms with E-state index < -0.39 is 5.92 Å². The summed E-state index contributed by atoms with van der Waals surface area (Å²) in [5.74, 6) is -0.0200. The Labute approximate surface area is 146 Å². The second-order valence-electron chi connectivity index (χ2n) is 6.29. The highest BCUT2D eigenvalue weighted by Crippen LogP contribution is 2.35. The van der Waals surface area contributed by atoms with Crippen LogP contribution in [-0.4, -0.2) is 47.2 Å². The molecule has 0 saturated heterocycles. The minimum atomic E-state index is -0.488. The first-order valence-corrected chi connectivity index (χ1v) is 8.18. The molecule has 0 radical (unpaired) electrons. The Morgan fingerprint density at radius 2 is 2.28 bits per heavy atom. The van der Waals surface area contributed by atoms with Crippen molar-refractivity contribution in [2.24, 2.45) is 7.05 Å². The zero-order valence-corrected chi connectivity index (χ0v) is 14.7. The molecule has 0 fully saturated rings. The first kappa shape index (κ1) is 17.0. The molecule has 1 aromatic carbocycles. The van der Waals surface area contributed by atoms with Crippen LogP contribution in [0, 0.1) is 0 Å². The summed E-state index contributed by atoms with van der Waals surface area (Å²) < 4.78 is 7.00. The largest absolute Gasteiger partial charge is 0.497 e. The van der Waals surface area contributed by atoms with Crippen molar-refractivity contribution in [3.05, 3.63) is 41.7 Å². The number of carbonyl (C=O) groups is 2. The highest BCUT2D eigenvalue weighted by atomic mass is 16.5. The maximum absolute atomic E-state index is 12.9. The monoisotopic (exact) mass is 342 g/mol. The average Bonchev–Trinajstić information content (AvgIpc) is 3.03. The predicted molar refractivity (Wildman–Crippen MR) is 93.5 cm³/mol. The van der Waals surface area contributed by atoms with Gasteiger partial charge in [0.1, 0.15) is 5.75 Å². The Balaban J connectivity index is 1.75. The standard InChI is InChI=1S/C18H22N4O3/c1-21(7-6-12-10-19-22(2)11-12)18(24)15-9-17(23)20-16-5-4-13(25-3)8-14(15)16/h4-5,8,10-11,15H,6-7,9H2,1-3H3,(H,20,23)/t15-/m1/s1. The van der Waals surface area contributed by atoms with Gasteiger partial charge in [0.05, 0.1) is 19.2 Å². The Morgan fingerprint density at radius 3 is 2.96 bits per heavy atom. The molecule has 0 spiro atoms. The number of nitrogens with zero attached hydrogens (tertiary/aromatic N) is 3. The molecule has 2 amide bonds. The maximum atomic E-state index is 12.9. The normalized spacial score (nSPS) is 16.1. The number of nitrogens with one attached hydrogen (secondary N) is 1. The summed E-state index contributed by atoms with van der Waals surface area (Å²) in [5.41, 5.74) is 2.55. The van der Waals surface area contributed by atoms with Crippen LogP contribution >= 0.6 is 0 Å². The van der Waals surface area contributed by atoms with Gasteiger partial charge < -0.3 is 15.0 Å². The second kappa shape index (κ2) is 6.96. The molecule has 1 aliphatic rings. The fourth-order valence-corrected chi connectivity index (χ4v) is 3.06. The third-order valence-electron chi connectivity index (χ3n) is 4.47. The van der Waals surface area contributed by atoms with Gasteiger partial charge in [-0.1, -0.05) is 0 Å². The van der Waals surface area contributed by atoms with Gasteiger partial charge in [0.15, 0.2) is 0 Å². The Morgan fingerprint density at radius 1 is 1.48 bits per heavy atom. The first-order chi connectivity index (χ1) is 12.0. The Kier molecular flexibility index (Phi) is 4.74.